The molecule has 0 aliphatic carbocycles. The molecular formula is C14H28IN5. The Balaban J connectivity index is 0.00000361. The van der Waals surface area contributed by atoms with Gasteiger partial charge >= 0.3 is 0 Å². The fraction of sp³-hybridized carbons (Fsp3) is 0.714. The molecule has 1 rings (SSSR count). The number of nitrogens with zero attached hydrogens (tertiary/aromatic N) is 3. The molecule has 116 valence electrons. The topological polar surface area (TPSA) is 54.2 Å². The Morgan fingerprint density at radius 1 is 1.35 bits per heavy atom. The van der Waals surface area contributed by atoms with E-state index >= 15 is 0 Å². The zero-order valence-corrected chi connectivity index (χ0v) is 15.8. The maximum atomic E-state index is 4.53. The third-order valence-electron chi connectivity index (χ3n) is 3.48. The van der Waals surface area contributed by atoms with Crippen molar-refractivity contribution in [3.05, 3.63) is 17.0 Å². The standard InChI is InChI=1S/C14H27N5.HI/c1-7-10(3)17-14(15-6)16-9-13-11(4)18-19(8-2)12(13)5;/h10H,7-9H2,1-6H3,(H2,15,16,17);1H. The summed E-state index contributed by atoms with van der Waals surface area (Å²) in [5.74, 6) is 0.845. The Hall–Kier alpha value is -0.790. The molecule has 1 unspecified atom stereocenters. The second kappa shape index (κ2) is 9.20. The number of nitrogens with one attached hydrogen (secondary N) is 2. The largest absolute Gasteiger partial charge is 0.354 e. The van der Waals surface area contributed by atoms with Crippen LogP contribution in [0.15, 0.2) is 4.99 Å². The molecule has 0 spiro atoms. The lowest BCUT2D eigenvalue weighted by atomic mass is 10.2. The summed E-state index contributed by atoms with van der Waals surface area (Å²) in [5.41, 5.74) is 3.58. The van der Waals surface area contributed by atoms with Gasteiger partial charge in [0.2, 0.25) is 0 Å². The molecule has 1 atom stereocenters. The molecule has 0 bridgehead atoms. The molecule has 20 heavy (non-hydrogen) atoms. The number of hydrogen-bond donors (Lipinski definition) is 2. The number of guanidine groups is 1. The van der Waals surface area contributed by atoms with Crippen molar-refractivity contribution in [3.8, 4) is 0 Å². The van der Waals surface area contributed by atoms with Gasteiger partial charge in [-0.15, -0.1) is 24.0 Å². The fourth-order valence-electron chi connectivity index (χ4n) is 2.00. The lowest BCUT2D eigenvalue weighted by Gasteiger charge is -2.16. The first kappa shape index (κ1) is 19.2. The SMILES string of the molecule is CCC(C)NC(=NC)NCc1c(C)nn(CC)c1C.I. The molecule has 0 radical (unpaired) electrons. The molecule has 0 amide bonds. The number of aryl methyl sites for hydroxylation is 2. The van der Waals surface area contributed by atoms with Crippen molar-refractivity contribution in [1.29, 1.82) is 0 Å². The van der Waals surface area contributed by atoms with Crippen molar-refractivity contribution in [2.24, 2.45) is 4.99 Å². The van der Waals surface area contributed by atoms with Crippen molar-refractivity contribution in [3.63, 3.8) is 0 Å². The highest BCUT2D eigenvalue weighted by molar-refractivity contribution is 14.0. The first-order valence-electron chi connectivity index (χ1n) is 7.03. The van der Waals surface area contributed by atoms with Crippen LogP contribution < -0.4 is 10.6 Å². The Morgan fingerprint density at radius 2 is 2.00 bits per heavy atom. The summed E-state index contributed by atoms with van der Waals surface area (Å²) >= 11 is 0. The molecule has 0 saturated heterocycles. The second-order valence-corrected chi connectivity index (χ2v) is 4.84. The molecule has 0 aliphatic heterocycles. The van der Waals surface area contributed by atoms with Crippen LogP contribution in [0.3, 0.4) is 0 Å². The molecular weight excluding hydrogens is 365 g/mol. The minimum atomic E-state index is 0. The van der Waals surface area contributed by atoms with Crippen LogP contribution >= 0.6 is 24.0 Å². The average molecular weight is 393 g/mol. The van der Waals surface area contributed by atoms with Gasteiger partial charge in [0.05, 0.1) is 5.69 Å². The zero-order chi connectivity index (χ0) is 14.4. The maximum Gasteiger partial charge on any atom is 0.191 e. The van der Waals surface area contributed by atoms with Crippen LogP contribution in [0.1, 0.15) is 44.1 Å². The van der Waals surface area contributed by atoms with Crippen LogP contribution in [0.2, 0.25) is 0 Å². The highest BCUT2D eigenvalue weighted by Gasteiger charge is 2.11. The first-order valence-corrected chi connectivity index (χ1v) is 7.03. The van der Waals surface area contributed by atoms with Crippen molar-refractivity contribution in [2.75, 3.05) is 7.05 Å². The van der Waals surface area contributed by atoms with Gasteiger partial charge in [-0.05, 0) is 34.1 Å². The summed E-state index contributed by atoms with van der Waals surface area (Å²) in [6, 6.07) is 0.423. The van der Waals surface area contributed by atoms with Gasteiger partial charge in [0.1, 0.15) is 0 Å². The second-order valence-electron chi connectivity index (χ2n) is 4.84. The fourth-order valence-corrected chi connectivity index (χ4v) is 2.00. The Morgan fingerprint density at radius 3 is 2.45 bits per heavy atom. The van der Waals surface area contributed by atoms with E-state index < -0.39 is 0 Å². The van der Waals surface area contributed by atoms with Crippen molar-refractivity contribution in [2.45, 2.75) is 60.2 Å². The molecule has 1 aromatic rings. The molecule has 1 aromatic heterocycles. The normalized spacial score (nSPS) is 12.8. The van der Waals surface area contributed by atoms with E-state index in [0.717, 1.165) is 31.2 Å². The van der Waals surface area contributed by atoms with Crippen molar-refractivity contribution in [1.82, 2.24) is 20.4 Å². The van der Waals surface area contributed by atoms with Crippen LogP contribution in [0.4, 0.5) is 0 Å². The van der Waals surface area contributed by atoms with Crippen LogP contribution in [0, 0.1) is 13.8 Å². The van der Waals surface area contributed by atoms with E-state index in [0.29, 0.717) is 6.04 Å². The van der Waals surface area contributed by atoms with Gasteiger partial charge in [-0.25, -0.2) is 0 Å². The van der Waals surface area contributed by atoms with E-state index in [2.05, 4.69) is 55.3 Å². The van der Waals surface area contributed by atoms with E-state index in [-0.39, 0.29) is 24.0 Å². The van der Waals surface area contributed by atoms with E-state index in [1.54, 1.807) is 7.05 Å². The predicted molar refractivity (Wildman–Crippen MR) is 95.9 cm³/mol. The Labute approximate surface area is 139 Å². The van der Waals surface area contributed by atoms with Gasteiger partial charge < -0.3 is 10.6 Å². The summed E-state index contributed by atoms with van der Waals surface area (Å²) in [4.78, 5) is 4.24. The highest BCUT2D eigenvalue weighted by atomic mass is 127. The number of rotatable bonds is 5. The van der Waals surface area contributed by atoms with Gasteiger partial charge in [-0.2, -0.15) is 5.10 Å². The minimum absolute atomic E-state index is 0. The van der Waals surface area contributed by atoms with Crippen molar-refractivity contribution >= 4 is 29.9 Å². The predicted octanol–water partition coefficient (Wildman–Crippen LogP) is 2.60. The van der Waals surface area contributed by atoms with Crippen LogP contribution in [-0.2, 0) is 13.1 Å². The minimum Gasteiger partial charge on any atom is -0.354 e. The molecule has 6 heteroatoms. The molecule has 0 aromatic carbocycles. The third kappa shape index (κ3) is 4.96. The average Bonchev–Trinajstić information content (AvgIpc) is 2.69. The Kier molecular flexibility index (Phi) is 8.84. The quantitative estimate of drug-likeness (QED) is 0.460. The third-order valence-corrected chi connectivity index (χ3v) is 3.48. The van der Waals surface area contributed by atoms with Crippen LogP contribution in [-0.4, -0.2) is 28.8 Å². The molecule has 2 N–H and O–H groups in total. The summed E-state index contributed by atoms with van der Waals surface area (Å²) < 4.78 is 2.04. The lowest BCUT2D eigenvalue weighted by Crippen LogP contribution is -2.41. The number of aliphatic imine (C=N–C) groups is 1. The van der Waals surface area contributed by atoms with Crippen LogP contribution in [0.25, 0.3) is 0 Å². The van der Waals surface area contributed by atoms with Gasteiger partial charge in [-0.3, -0.25) is 9.67 Å². The first-order chi connectivity index (χ1) is 9.03. The van der Waals surface area contributed by atoms with Gasteiger partial charge in [-0.1, -0.05) is 6.92 Å². The summed E-state index contributed by atoms with van der Waals surface area (Å²) in [6.07, 6.45) is 1.08. The smallest absolute Gasteiger partial charge is 0.191 e. The highest BCUT2D eigenvalue weighted by Crippen LogP contribution is 2.12. The van der Waals surface area contributed by atoms with Crippen molar-refractivity contribution < 1.29 is 0 Å². The summed E-state index contributed by atoms with van der Waals surface area (Å²) in [5, 5.41) is 11.2. The number of aromatic nitrogens is 2. The van der Waals surface area contributed by atoms with Crippen LogP contribution in [0.5, 0.6) is 0 Å². The lowest BCUT2D eigenvalue weighted by molar-refractivity contribution is 0.622. The number of hydrogen-bond acceptors (Lipinski definition) is 2. The number of halogens is 1. The van der Waals surface area contributed by atoms with E-state index in [1.165, 1.54) is 11.3 Å². The van der Waals surface area contributed by atoms with E-state index in [4.69, 9.17) is 0 Å². The molecule has 0 saturated carbocycles. The zero-order valence-electron chi connectivity index (χ0n) is 13.4. The summed E-state index contributed by atoms with van der Waals surface area (Å²) in [7, 11) is 1.80. The van der Waals surface area contributed by atoms with E-state index in [9.17, 15) is 0 Å². The summed E-state index contributed by atoms with van der Waals surface area (Å²) in [6.45, 7) is 12.3. The Bertz CT molecular complexity index is 439. The van der Waals surface area contributed by atoms with Gasteiger partial charge in [0.25, 0.3) is 0 Å². The van der Waals surface area contributed by atoms with Gasteiger partial charge in [0.15, 0.2) is 5.96 Å². The molecule has 1 heterocycles. The molecule has 0 fully saturated rings. The van der Waals surface area contributed by atoms with E-state index in [1.807, 2.05) is 4.68 Å². The van der Waals surface area contributed by atoms with Gasteiger partial charge in [0, 0.05) is 37.4 Å². The maximum absolute atomic E-state index is 4.53. The molecule has 5 nitrogen and oxygen atoms in total. The molecule has 0 aliphatic rings. The monoisotopic (exact) mass is 393 g/mol.